The Morgan fingerprint density at radius 3 is 2.35 bits per heavy atom. The molecule has 1 aliphatic heterocycles. The molecule has 0 aliphatic carbocycles. The summed E-state index contributed by atoms with van der Waals surface area (Å²) in [5.41, 5.74) is 0.649. The zero-order chi connectivity index (χ0) is 14.6. The molecule has 0 N–H and O–H groups in total. The molecule has 2 rings (SSSR count). The summed E-state index contributed by atoms with van der Waals surface area (Å²) in [7, 11) is 0. The molecule has 1 aromatic rings. The van der Waals surface area contributed by atoms with Crippen LogP contribution in [0.25, 0.3) is 0 Å². The van der Waals surface area contributed by atoms with E-state index >= 15 is 0 Å². The summed E-state index contributed by atoms with van der Waals surface area (Å²) in [5, 5.41) is 3.84. The maximum atomic E-state index is 12.4. The number of hydrazine groups is 1. The summed E-state index contributed by atoms with van der Waals surface area (Å²) in [5.74, 6) is 0. The molecule has 0 spiro atoms. The van der Waals surface area contributed by atoms with Crippen molar-refractivity contribution in [1.29, 1.82) is 0 Å². The van der Waals surface area contributed by atoms with Gasteiger partial charge in [-0.2, -0.15) is 0 Å². The van der Waals surface area contributed by atoms with Crippen LogP contribution in [0, 0.1) is 0 Å². The van der Waals surface area contributed by atoms with Gasteiger partial charge in [0, 0.05) is 13.1 Å². The van der Waals surface area contributed by atoms with Gasteiger partial charge in [0.2, 0.25) is 0 Å². The van der Waals surface area contributed by atoms with Gasteiger partial charge in [-0.1, -0.05) is 30.3 Å². The number of ether oxygens (including phenoxy) is 1. The van der Waals surface area contributed by atoms with Gasteiger partial charge in [-0.3, -0.25) is 0 Å². The molecule has 0 aromatic heterocycles. The number of rotatable bonds is 3. The van der Waals surface area contributed by atoms with E-state index in [0.29, 0.717) is 6.54 Å². The predicted octanol–water partition coefficient (Wildman–Crippen LogP) is 3.43. The Morgan fingerprint density at radius 1 is 1.20 bits per heavy atom. The van der Waals surface area contributed by atoms with E-state index in [4.69, 9.17) is 4.74 Å². The molecule has 1 aliphatic rings. The van der Waals surface area contributed by atoms with Crippen LogP contribution in [0.3, 0.4) is 0 Å². The molecule has 0 radical (unpaired) electrons. The Balaban J connectivity index is 2.10. The molecule has 20 heavy (non-hydrogen) atoms. The summed E-state index contributed by atoms with van der Waals surface area (Å²) >= 11 is 0. The van der Waals surface area contributed by atoms with E-state index in [0.717, 1.165) is 31.5 Å². The third-order valence-corrected chi connectivity index (χ3v) is 3.20. The third-order valence-electron chi connectivity index (χ3n) is 3.20. The summed E-state index contributed by atoms with van der Waals surface area (Å²) in [6.07, 6.45) is 2.01. The summed E-state index contributed by atoms with van der Waals surface area (Å²) in [6, 6.07) is 10.0. The van der Waals surface area contributed by atoms with Crippen LogP contribution in [0.5, 0.6) is 0 Å². The van der Waals surface area contributed by atoms with Crippen molar-refractivity contribution in [3.05, 3.63) is 35.9 Å². The first-order chi connectivity index (χ1) is 9.46. The van der Waals surface area contributed by atoms with Crippen LogP contribution in [0.1, 0.15) is 39.2 Å². The van der Waals surface area contributed by atoms with Crippen molar-refractivity contribution in [2.75, 3.05) is 13.1 Å². The maximum absolute atomic E-state index is 12.4. The fraction of sp³-hybridized carbons (Fsp3) is 0.562. The summed E-state index contributed by atoms with van der Waals surface area (Å²) in [4.78, 5) is 12.4. The zero-order valence-electron chi connectivity index (χ0n) is 12.6. The fourth-order valence-corrected chi connectivity index (χ4v) is 2.29. The topological polar surface area (TPSA) is 32.8 Å². The molecule has 0 bridgehead atoms. The molecule has 1 amide bonds. The molecule has 0 atom stereocenters. The standard InChI is InChI=1S/C16H24N2O2/c1-16(2,3)20-15(19)18(17-11-7-8-12-17)13-14-9-5-4-6-10-14/h4-6,9-10H,7-8,11-13H2,1-3H3. The lowest BCUT2D eigenvalue weighted by Crippen LogP contribution is -2.46. The van der Waals surface area contributed by atoms with E-state index in [2.05, 4.69) is 5.01 Å². The van der Waals surface area contributed by atoms with Crippen molar-refractivity contribution in [3.8, 4) is 0 Å². The Labute approximate surface area is 121 Å². The third kappa shape index (κ3) is 4.23. The van der Waals surface area contributed by atoms with Crippen molar-refractivity contribution >= 4 is 6.09 Å². The molecule has 4 heteroatoms. The monoisotopic (exact) mass is 276 g/mol. The second-order valence-corrected chi connectivity index (χ2v) is 6.18. The number of carbonyl (C=O) groups excluding carboxylic acids is 1. The number of hydrogen-bond donors (Lipinski definition) is 0. The number of benzene rings is 1. The SMILES string of the molecule is CC(C)(C)OC(=O)N(Cc1ccccc1)N1CCCC1. The lowest BCUT2D eigenvalue weighted by atomic mass is 10.2. The largest absolute Gasteiger partial charge is 0.443 e. The highest BCUT2D eigenvalue weighted by Gasteiger charge is 2.28. The normalized spacial score (nSPS) is 16.1. The maximum Gasteiger partial charge on any atom is 0.425 e. The van der Waals surface area contributed by atoms with Gasteiger partial charge in [-0.15, -0.1) is 0 Å². The van der Waals surface area contributed by atoms with Crippen LogP contribution in [0.4, 0.5) is 4.79 Å². The molecule has 4 nitrogen and oxygen atoms in total. The molecule has 0 unspecified atom stereocenters. The Hall–Kier alpha value is -1.55. The van der Waals surface area contributed by atoms with Gasteiger partial charge in [0.1, 0.15) is 5.60 Å². The van der Waals surface area contributed by atoms with E-state index in [1.165, 1.54) is 0 Å². The van der Waals surface area contributed by atoms with Crippen LogP contribution in [0.15, 0.2) is 30.3 Å². The van der Waals surface area contributed by atoms with Gasteiger partial charge < -0.3 is 4.74 Å². The summed E-state index contributed by atoms with van der Waals surface area (Å²) < 4.78 is 5.53. The van der Waals surface area contributed by atoms with Crippen LogP contribution >= 0.6 is 0 Å². The van der Waals surface area contributed by atoms with Crippen LogP contribution < -0.4 is 0 Å². The molecule has 1 saturated heterocycles. The minimum absolute atomic E-state index is 0.261. The highest BCUT2D eigenvalue weighted by Crippen LogP contribution is 2.18. The van der Waals surface area contributed by atoms with E-state index < -0.39 is 5.60 Å². The fourth-order valence-electron chi connectivity index (χ4n) is 2.29. The highest BCUT2D eigenvalue weighted by molar-refractivity contribution is 5.67. The van der Waals surface area contributed by atoms with Gasteiger partial charge in [0.05, 0.1) is 6.54 Å². The van der Waals surface area contributed by atoms with Crippen molar-refractivity contribution in [1.82, 2.24) is 10.0 Å². The molecular formula is C16H24N2O2. The minimum Gasteiger partial charge on any atom is -0.443 e. The molecule has 0 saturated carbocycles. The zero-order valence-corrected chi connectivity index (χ0v) is 12.6. The molecule has 1 heterocycles. The average molecular weight is 276 g/mol. The van der Waals surface area contributed by atoms with Gasteiger partial charge >= 0.3 is 6.09 Å². The van der Waals surface area contributed by atoms with Crippen LogP contribution in [-0.2, 0) is 11.3 Å². The number of carbonyl (C=O) groups is 1. The smallest absolute Gasteiger partial charge is 0.425 e. The lowest BCUT2D eigenvalue weighted by Gasteiger charge is -2.33. The number of nitrogens with zero attached hydrogens (tertiary/aromatic N) is 2. The van der Waals surface area contributed by atoms with E-state index in [1.807, 2.05) is 51.1 Å². The van der Waals surface area contributed by atoms with Gasteiger partial charge in [0.25, 0.3) is 0 Å². The van der Waals surface area contributed by atoms with Crippen molar-refractivity contribution < 1.29 is 9.53 Å². The van der Waals surface area contributed by atoms with Crippen molar-refractivity contribution in [2.45, 2.75) is 45.8 Å². The van der Waals surface area contributed by atoms with E-state index in [9.17, 15) is 4.79 Å². The highest BCUT2D eigenvalue weighted by atomic mass is 16.6. The van der Waals surface area contributed by atoms with Crippen LogP contribution in [-0.4, -0.2) is 34.8 Å². The Kier molecular flexibility index (Phi) is 4.65. The average Bonchev–Trinajstić information content (AvgIpc) is 2.88. The van der Waals surface area contributed by atoms with Gasteiger partial charge in [-0.05, 0) is 39.2 Å². The second kappa shape index (κ2) is 6.27. The molecular weight excluding hydrogens is 252 g/mol. The lowest BCUT2D eigenvalue weighted by molar-refractivity contribution is -0.0450. The van der Waals surface area contributed by atoms with E-state index in [1.54, 1.807) is 5.01 Å². The minimum atomic E-state index is -0.467. The van der Waals surface area contributed by atoms with Crippen molar-refractivity contribution in [3.63, 3.8) is 0 Å². The Bertz CT molecular complexity index is 434. The first-order valence-corrected chi connectivity index (χ1v) is 7.25. The quantitative estimate of drug-likeness (QED) is 0.848. The molecule has 1 aromatic carbocycles. The van der Waals surface area contributed by atoms with Crippen LogP contribution in [0.2, 0.25) is 0 Å². The van der Waals surface area contributed by atoms with Gasteiger partial charge in [-0.25, -0.2) is 14.8 Å². The Morgan fingerprint density at radius 2 is 1.80 bits per heavy atom. The first-order valence-electron chi connectivity index (χ1n) is 7.25. The summed E-state index contributed by atoms with van der Waals surface area (Å²) in [6.45, 7) is 8.11. The molecule has 1 fully saturated rings. The molecule has 110 valence electrons. The van der Waals surface area contributed by atoms with Gasteiger partial charge in [0.15, 0.2) is 0 Å². The second-order valence-electron chi connectivity index (χ2n) is 6.18. The number of hydrogen-bond acceptors (Lipinski definition) is 3. The van der Waals surface area contributed by atoms with E-state index in [-0.39, 0.29) is 6.09 Å². The first kappa shape index (κ1) is 14.9. The number of amides is 1. The predicted molar refractivity (Wildman–Crippen MR) is 79.0 cm³/mol. The van der Waals surface area contributed by atoms with Crippen molar-refractivity contribution in [2.24, 2.45) is 0 Å².